The second-order valence-electron chi connectivity index (χ2n) is 5.54. The minimum absolute atomic E-state index is 1.37. The van der Waals surface area contributed by atoms with Gasteiger partial charge in [0.2, 0.25) is 0 Å². The number of hydrogen-bond acceptors (Lipinski definition) is 0. The number of rotatable bonds is 9. The first-order valence-electron chi connectivity index (χ1n) is 7.77. The van der Waals surface area contributed by atoms with Gasteiger partial charge < -0.3 is 4.90 Å². The number of hydrogen-bond donors (Lipinski definition) is 1. The molecule has 0 aromatic heterocycles. The molecule has 0 aliphatic carbocycles. The van der Waals surface area contributed by atoms with Crippen molar-refractivity contribution >= 4 is 0 Å². The van der Waals surface area contributed by atoms with E-state index >= 15 is 0 Å². The maximum absolute atomic E-state index is 2.29. The molecule has 16 heavy (non-hydrogen) atoms. The van der Waals surface area contributed by atoms with Crippen LogP contribution in [0.1, 0.15) is 77.6 Å². The molecular formula is C15H32N+. The predicted molar refractivity (Wildman–Crippen MR) is 72.0 cm³/mol. The molecule has 1 aliphatic heterocycles. The molecule has 0 aromatic carbocycles. The topological polar surface area (TPSA) is 4.44 Å². The van der Waals surface area contributed by atoms with Crippen LogP contribution >= 0.6 is 0 Å². The third kappa shape index (κ3) is 7.27. The lowest BCUT2D eigenvalue weighted by molar-refractivity contribution is -0.905. The molecule has 0 aromatic rings. The Hall–Kier alpha value is -0.0400. The van der Waals surface area contributed by atoms with Crippen LogP contribution in [0.3, 0.4) is 0 Å². The lowest BCUT2D eigenvalue weighted by Crippen LogP contribution is -3.12. The minimum Gasteiger partial charge on any atom is -0.335 e. The van der Waals surface area contributed by atoms with E-state index in [4.69, 9.17) is 0 Å². The molecule has 1 N–H and O–H groups in total. The van der Waals surface area contributed by atoms with E-state index < -0.39 is 0 Å². The Balaban J connectivity index is 1.77. The molecule has 0 amide bonds. The Morgan fingerprint density at radius 1 is 0.688 bits per heavy atom. The molecule has 0 saturated carbocycles. The van der Waals surface area contributed by atoms with Crippen LogP contribution in [0.4, 0.5) is 0 Å². The van der Waals surface area contributed by atoms with Crippen molar-refractivity contribution < 1.29 is 4.90 Å². The number of unbranched alkanes of at least 4 members (excludes halogenated alkanes) is 7. The maximum atomic E-state index is 2.29. The summed E-state index contributed by atoms with van der Waals surface area (Å²) in [6.45, 7) is 6.66. The van der Waals surface area contributed by atoms with Gasteiger partial charge in [-0.2, -0.15) is 0 Å². The number of nitrogens with one attached hydrogen (secondary N) is 1. The fourth-order valence-electron chi connectivity index (χ4n) is 2.81. The second kappa shape index (κ2) is 10.1. The standard InChI is InChI=1S/C15H31N/c1-2-3-4-5-6-7-8-10-13-16-14-11-9-12-15-16/h2-15H2,1H3/p+1. The van der Waals surface area contributed by atoms with Crippen molar-refractivity contribution in [2.45, 2.75) is 77.6 Å². The van der Waals surface area contributed by atoms with E-state index in [0.717, 1.165) is 0 Å². The molecule has 1 fully saturated rings. The van der Waals surface area contributed by atoms with Crippen LogP contribution in [0, 0.1) is 0 Å². The van der Waals surface area contributed by atoms with E-state index in [2.05, 4.69) is 6.92 Å². The SMILES string of the molecule is CCCCCCCCCC[NH+]1CCCCC1. The van der Waals surface area contributed by atoms with Crippen LogP contribution in [0.2, 0.25) is 0 Å². The molecule has 0 unspecified atom stereocenters. The first kappa shape index (κ1) is 14.0. The zero-order valence-electron chi connectivity index (χ0n) is 11.4. The van der Waals surface area contributed by atoms with Crippen LogP contribution in [0.5, 0.6) is 0 Å². The van der Waals surface area contributed by atoms with Crippen molar-refractivity contribution in [1.29, 1.82) is 0 Å². The summed E-state index contributed by atoms with van der Waals surface area (Å²) in [5.41, 5.74) is 0. The lowest BCUT2D eigenvalue weighted by Gasteiger charge is -2.23. The monoisotopic (exact) mass is 226 g/mol. The molecule has 1 saturated heterocycles. The minimum atomic E-state index is 1.37. The normalized spacial score (nSPS) is 17.8. The summed E-state index contributed by atoms with van der Waals surface area (Å²) >= 11 is 0. The number of quaternary nitrogens is 1. The molecule has 96 valence electrons. The van der Waals surface area contributed by atoms with Gasteiger partial charge in [0.15, 0.2) is 0 Å². The van der Waals surface area contributed by atoms with Gasteiger partial charge in [0, 0.05) is 0 Å². The molecule has 1 rings (SSSR count). The van der Waals surface area contributed by atoms with Gasteiger partial charge in [0.1, 0.15) is 0 Å². The average molecular weight is 226 g/mol. The smallest absolute Gasteiger partial charge is 0.0770 e. The molecule has 1 nitrogen and oxygen atoms in total. The lowest BCUT2D eigenvalue weighted by atomic mass is 10.1. The molecular weight excluding hydrogens is 194 g/mol. The highest BCUT2D eigenvalue weighted by Crippen LogP contribution is 2.07. The summed E-state index contributed by atoms with van der Waals surface area (Å²) in [5.74, 6) is 0. The van der Waals surface area contributed by atoms with Gasteiger partial charge in [-0.15, -0.1) is 0 Å². The Labute approximate surface area is 103 Å². The van der Waals surface area contributed by atoms with Gasteiger partial charge in [-0.05, 0) is 32.1 Å². The van der Waals surface area contributed by atoms with E-state index in [9.17, 15) is 0 Å². The summed E-state index contributed by atoms with van der Waals surface area (Å²) in [4.78, 5) is 1.89. The second-order valence-corrected chi connectivity index (χ2v) is 5.54. The molecule has 1 heterocycles. The third-order valence-corrected chi connectivity index (χ3v) is 3.94. The summed E-state index contributed by atoms with van der Waals surface area (Å²) in [6, 6.07) is 0. The van der Waals surface area contributed by atoms with E-state index in [-0.39, 0.29) is 0 Å². The zero-order valence-corrected chi connectivity index (χ0v) is 11.4. The molecule has 0 spiro atoms. The van der Waals surface area contributed by atoms with Gasteiger partial charge in [-0.1, -0.05) is 45.4 Å². The van der Waals surface area contributed by atoms with Crippen LogP contribution in [0.15, 0.2) is 0 Å². The summed E-state index contributed by atoms with van der Waals surface area (Å²) in [6.07, 6.45) is 16.1. The van der Waals surface area contributed by atoms with Gasteiger partial charge >= 0.3 is 0 Å². The fraction of sp³-hybridized carbons (Fsp3) is 1.00. The Bertz CT molecular complexity index is 138. The highest BCUT2D eigenvalue weighted by molar-refractivity contribution is 4.48. The highest BCUT2D eigenvalue weighted by atomic mass is 15.1. The van der Waals surface area contributed by atoms with Crippen molar-refractivity contribution in [2.24, 2.45) is 0 Å². The van der Waals surface area contributed by atoms with Crippen LogP contribution < -0.4 is 4.90 Å². The van der Waals surface area contributed by atoms with E-state index in [0.29, 0.717) is 0 Å². The van der Waals surface area contributed by atoms with E-state index in [1.807, 2.05) is 4.90 Å². The Morgan fingerprint density at radius 3 is 1.88 bits per heavy atom. The largest absolute Gasteiger partial charge is 0.335 e. The third-order valence-electron chi connectivity index (χ3n) is 3.94. The first-order chi connectivity index (χ1) is 7.93. The van der Waals surface area contributed by atoms with Crippen LogP contribution in [0.25, 0.3) is 0 Å². The van der Waals surface area contributed by atoms with Crippen molar-refractivity contribution in [1.82, 2.24) is 0 Å². The summed E-state index contributed by atoms with van der Waals surface area (Å²) in [7, 11) is 0. The maximum Gasteiger partial charge on any atom is 0.0770 e. The Kier molecular flexibility index (Phi) is 8.88. The predicted octanol–water partition coefficient (Wildman–Crippen LogP) is 3.20. The number of likely N-dealkylation sites (tertiary alicyclic amines) is 1. The van der Waals surface area contributed by atoms with E-state index in [1.54, 1.807) is 0 Å². The van der Waals surface area contributed by atoms with Crippen molar-refractivity contribution in [3.63, 3.8) is 0 Å². The zero-order chi connectivity index (χ0) is 11.5. The average Bonchev–Trinajstić information content (AvgIpc) is 2.34. The van der Waals surface area contributed by atoms with Crippen LogP contribution in [-0.4, -0.2) is 19.6 Å². The van der Waals surface area contributed by atoms with Gasteiger partial charge in [-0.3, -0.25) is 0 Å². The quantitative estimate of drug-likeness (QED) is 0.576. The Morgan fingerprint density at radius 2 is 1.25 bits per heavy atom. The first-order valence-corrected chi connectivity index (χ1v) is 7.77. The summed E-state index contributed by atoms with van der Waals surface area (Å²) in [5, 5.41) is 0. The molecule has 0 atom stereocenters. The molecule has 1 heteroatoms. The van der Waals surface area contributed by atoms with Crippen molar-refractivity contribution in [3.05, 3.63) is 0 Å². The van der Waals surface area contributed by atoms with Crippen LogP contribution in [-0.2, 0) is 0 Å². The van der Waals surface area contributed by atoms with Crippen molar-refractivity contribution in [3.8, 4) is 0 Å². The molecule has 1 aliphatic rings. The highest BCUT2D eigenvalue weighted by Gasteiger charge is 2.11. The van der Waals surface area contributed by atoms with Gasteiger partial charge in [0.25, 0.3) is 0 Å². The number of piperidine rings is 1. The summed E-state index contributed by atoms with van der Waals surface area (Å²) < 4.78 is 0. The molecule has 0 bridgehead atoms. The fourth-order valence-corrected chi connectivity index (χ4v) is 2.81. The van der Waals surface area contributed by atoms with Gasteiger partial charge in [-0.25, -0.2) is 0 Å². The molecule has 0 radical (unpaired) electrons. The van der Waals surface area contributed by atoms with Crippen molar-refractivity contribution in [2.75, 3.05) is 19.6 Å². The van der Waals surface area contributed by atoms with Gasteiger partial charge in [0.05, 0.1) is 19.6 Å². The van der Waals surface area contributed by atoms with E-state index in [1.165, 1.54) is 90.3 Å².